The highest BCUT2D eigenvalue weighted by molar-refractivity contribution is 7.89. The third kappa shape index (κ3) is 3.43. The Morgan fingerprint density at radius 2 is 2.10 bits per heavy atom. The number of benzene rings is 1. The largest absolute Gasteiger partial charge is 0.389 e. The van der Waals surface area contributed by atoms with E-state index in [9.17, 15) is 13.5 Å². The molecule has 0 radical (unpaired) electrons. The van der Waals surface area contributed by atoms with E-state index in [-0.39, 0.29) is 4.90 Å². The molecule has 0 saturated heterocycles. The van der Waals surface area contributed by atoms with Crippen LogP contribution < -0.4 is 4.72 Å². The molecule has 0 bridgehead atoms. The molecule has 0 fully saturated rings. The van der Waals surface area contributed by atoms with Gasteiger partial charge in [0.1, 0.15) is 5.01 Å². The van der Waals surface area contributed by atoms with E-state index in [0.29, 0.717) is 10.6 Å². The minimum absolute atomic E-state index is 0.138. The molecule has 108 valence electrons. The van der Waals surface area contributed by atoms with Gasteiger partial charge < -0.3 is 5.11 Å². The Kier molecular flexibility index (Phi) is 4.54. The molecule has 1 heterocycles. The van der Waals surface area contributed by atoms with Crippen molar-refractivity contribution in [2.24, 2.45) is 0 Å². The molecule has 2 rings (SSSR count). The van der Waals surface area contributed by atoms with Crippen molar-refractivity contribution in [2.75, 3.05) is 0 Å². The fourth-order valence-electron chi connectivity index (χ4n) is 1.74. The quantitative estimate of drug-likeness (QED) is 0.887. The first-order valence-corrected chi connectivity index (χ1v) is 8.46. The molecule has 2 N–H and O–H groups in total. The van der Waals surface area contributed by atoms with Gasteiger partial charge in [-0.15, -0.1) is 11.3 Å². The third-order valence-corrected chi connectivity index (χ3v) is 5.30. The van der Waals surface area contributed by atoms with Gasteiger partial charge in [-0.3, -0.25) is 0 Å². The van der Waals surface area contributed by atoms with Crippen LogP contribution in [0, 0.1) is 0 Å². The van der Waals surface area contributed by atoms with E-state index in [2.05, 4.69) is 9.71 Å². The zero-order valence-corrected chi connectivity index (χ0v) is 12.8. The Morgan fingerprint density at radius 1 is 1.35 bits per heavy atom. The molecule has 2 unspecified atom stereocenters. The lowest BCUT2D eigenvalue weighted by Gasteiger charge is -2.13. The van der Waals surface area contributed by atoms with E-state index < -0.39 is 22.2 Å². The number of thiazole rings is 1. The first kappa shape index (κ1) is 15.1. The summed E-state index contributed by atoms with van der Waals surface area (Å²) >= 11 is 1.40. The van der Waals surface area contributed by atoms with Gasteiger partial charge in [-0.2, -0.15) is 0 Å². The second-order valence-electron chi connectivity index (χ2n) is 4.46. The number of hydrogen-bond acceptors (Lipinski definition) is 5. The number of nitrogens with one attached hydrogen (secondary N) is 1. The van der Waals surface area contributed by atoms with Gasteiger partial charge >= 0.3 is 0 Å². The van der Waals surface area contributed by atoms with E-state index in [4.69, 9.17) is 0 Å². The van der Waals surface area contributed by atoms with Gasteiger partial charge in [0.25, 0.3) is 0 Å². The maximum Gasteiger partial charge on any atom is 0.241 e. The molecule has 2 aromatic rings. The summed E-state index contributed by atoms with van der Waals surface area (Å²) in [6.45, 7) is 3.34. The number of rotatable bonds is 5. The molecule has 20 heavy (non-hydrogen) atoms. The summed E-state index contributed by atoms with van der Waals surface area (Å²) in [7, 11) is -3.64. The fourth-order valence-corrected chi connectivity index (χ4v) is 3.72. The van der Waals surface area contributed by atoms with Gasteiger partial charge in [0, 0.05) is 11.6 Å². The first-order valence-electron chi connectivity index (χ1n) is 6.10. The van der Waals surface area contributed by atoms with E-state index in [1.54, 1.807) is 37.6 Å². The first-order chi connectivity index (χ1) is 9.40. The Hall–Kier alpha value is -1.28. The molecule has 0 spiro atoms. The standard InChI is InChI=1S/C13H16N2O3S2/c1-9(13-14-6-7-19-13)15-20(17,18)12-5-3-4-11(8-12)10(2)16/h3-10,15-16H,1-2H3. The van der Waals surface area contributed by atoms with Crippen LogP contribution in [0.15, 0.2) is 40.7 Å². The summed E-state index contributed by atoms with van der Waals surface area (Å²) < 4.78 is 27.2. The fraction of sp³-hybridized carbons (Fsp3) is 0.308. The van der Waals surface area contributed by atoms with Crippen molar-refractivity contribution in [1.82, 2.24) is 9.71 Å². The Labute approximate surface area is 122 Å². The van der Waals surface area contributed by atoms with Crippen LogP contribution in [0.25, 0.3) is 0 Å². The number of aromatic nitrogens is 1. The molecular weight excluding hydrogens is 296 g/mol. The van der Waals surface area contributed by atoms with E-state index in [1.807, 2.05) is 0 Å². The van der Waals surface area contributed by atoms with E-state index in [1.165, 1.54) is 23.5 Å². The van der Waals surface area contributed by atoms with Crippen molar-refractivity contribution in [1.29, 1.82) is 0 Å². The van der Waals surface area contributed by atoms with E-state index >= 15 is 0 Å². The number of aliphatic hydroxyl groups excluding tert-OH is 1. The average molecular weight is 312 g/mol. The third-order valence-electron chi connectivity index (χ3n) is 2.80. The van der Waals surface area contributed by atoms with Gasteiger partial charge in [0.2, 0.25) is 10.0 Å². The molecule has 0 aliphatic rings. The van der Waals surface area contributed by atoms with Crippen molar-refractivity contribution in [3.05, 3.63) is 46.4 Å². The van der Waals surface area contributed by atoms with Crippen molar-refractivity contribution < 1.29 is 13.5 Å². The second-order valence-corrected chi connectivity index (χ2v) is 7.10. The molecule has 0 aliphatic heterocycles. The maximum atomic E-state index is 12.3. The zero-order chi connectivity index (χ0) is 14.8. The zero-order valence-electron chi connectivity index (χ0n) is 11.1. The topological polar surface area (TPSA) is 79.3 Å². The van der Waals surface area contributed by atoms with E-state index in [0.717, 1.165) is 0 Å². The van der Waals surface area contributed by atoms with Crippen molar-refractivity contribution in [3.8, 4) is 0 Å². The Bertz CT molecular complexity index is 667. The predicted octanol–water partition coefficient (Wildman–Crippen LogP) is 2.24. The van der Waals surface area contributed by atoms with Gasteiger partial charge in [-0.25, -0.2) is 18.1 Å². The van der Waals surface area contributed by atoms with Crippen molar-refractivity contribution >= 4 is 21.4 Å². The monoisotopic (exact) mass is 312 g/mol. The number of sulfonamides is 1. The normalized spacial score (nSPS) is 14.9. The van der Waals surface area contributed by atoms with Crippen LogP contribution in [0.1, 0.15) is 36.6 Å². The summed E-state index contributed by atoms with van der Waals surface area (Å²) in [5.41, 5.74) is 0.565. The van der Waals surface area contributed by atoms with Crippen LogP contribution in [0.5, 0.6) is 0 Å². The van der Waals surface area contributed by atoms with Gasteiger partial charge in [0.05, 0.1) is 17.0 Å². The molecule has 0 saturated carbocycles. The minimum atomic E-state index is -3.64. The Balaban J connectivity index is 2.24. The van der Waals surface area contributed by atoms with Crippen LogP contribution >= 0.6 is 11.3 Å². The molecule has 7 heteroatoms. The second kappa shape index (κ2) is 6.01. The van der Waals surface area contributed by atoms with Crippen molar-refractivity contribution in [2.45, 2.75) is 30.9 Å². The van der Waals surface area contributed by atoms with Crippen LogP contribution in [0.3, 0.4) is 0 Å². The summed E-state index contributed by atoms with van der Waals surface area (Å²) in [5, 5.41) is 12.0. The molecule has 5 nitrogen and oxygen atoms in total. The Morgan fingerprint density at radius 3 is 2.70 bits per heavy atom. The molecule has 0 aliphatic carbocycles. The van der Waals surface area contributed by atoms with Gasteiger partial charge in [0.15, 0.2) is 0 Å². The average Bonchev–Trinajstić information content (AvgIpc) is 2.92. The smallest absolute Gasteiger partial charge is 0.241 e. The highest BCUT2D eigenvalue weighted by Crippen LogP contribution is 2.21. The number of nitrogens with zero attached hydrogens (tertiary/aromatic N) is 1. The molecule has 1 aromatic heterocycles. The molecule has 2 atom stereocenters. The van der Waals surface area contributed by atoms with Crippen LogP contribution in [0.2, 0.25) is 0 Å². The van der Waals surface area contributed by atoms with Crippen LogP contribution in [-0.2, 0) is 10.0 Å². The van der Waals surface area contributed by atoms with Crippen LogP contribution in [-0.4, -0.2) is 18.5 Å². The number of hydrogen-bond donors (Lipinski definition) is 2. The number of aliphatic hydroxyl groups is 1. The summed E-state index contributed by atoms with van der Waals surface area (Å²) in [6.07, 6.45) is 0.931. The molecule has 1 aromatic carbocycles. The minimum Gasteiger partial charge on any atom is -0.389 e. The molecule has 0 amide bonds. The maximum absolute atomic E-state index is 12.3. The lowest BCUT2D eigenvalue weighted by atomic mass is 10.1. The van der Waals surface area contributed by atoms with Gasteiger partial charge in [-0.05, 0) is 31.5 Å². The molecular formula is C13H16N2O3S2. The summed E-state index contributed by atoms with van der Waals surface area (Å²) in [4.78, 5) is 4.23. The highest BCUT2D eigenvalue weighted by Gasteiger charge is 2.20. The lowest BCUT2D eigenvalue weighted by molar-refractivity contribution is 0.199. The van der Waals surface area contributed by atoms with Crippen molar-refractivity contribution in [3.63, 3.8) is 0 Å². The highest BCUT2D eigenvalue weighted by atomic mass is 32.2. The summed E-state index contributed by atoms with van der Waals surface area (Å²) in [5.74, 6) is 0. The predicted molar refractivity (Wildman–Crippen MR) is 77.9 cm³/mol. The lowest BCUT2D eigenvalue weighted by Crippen LogP contribution is -2.26. The SMILES string of the molecule is CC(O)c1cccc(S(=O)(=O)NC(C)c2nccs2)c1. The van der Waals surface area contributed by atoms with Gasteiger partial charge in [-0.1, -0.05) is 12.1 Å². The van der Waals surface area contributed by atoms with Crippen LogP contribution in [0.4, 0.5) is 0 Å². The summed E-state index contributed by atoms with van der Waals surface area (Å²) in [6, 6.07) is 5.89.